The molecule has 0 aliphatic carbocycles. The van der Waals surface area contributed by atoms with Crippen LogP contribution in [-0.2, 0) is 9.59 Å². The van der Waals surface area contributed by atoms with Crippen LogP contribution in [-0.4, -0.2) is 44.9 Å². The molecule has 2 aliphatic heterocycles. The van der Waals surface area contributed by atoms with Gasteiger partial charge in [-0.15, -0.1) is 0 Å². The van der Waals surface area contributed by atoms with Gasteiger partial charge in [-0.05, 0) is 82.1 Å². The van der Waals surface area contributed by atoms with E-state index in [0.717, 1.165) is 40.0 Å². The van der Waals surface area contributed by atoms with E-state index in [9.17, 15) is 14.4 Å². The number of rotatable bonds is 6. The normalized spacial score (nSPS) is 17.0. The minimum absolute atomic E-state index is 0.120. The average Bonchev–Trinajstić information content (AvgIpc) is 3.72. The van der Waals surface area contributed by atoms with E-state index in [1.807, 2.05) is 141 Å². The Bertz CT molecular complexity index is 2080. The highest BCUT2D eigenvalue weighted by molar-refractivity contribution is 9.10. The van der Waals surface area contributed by atoms with E-state index in [1.165, 1.54) is 5.56 Å². The third-order valence-electron chi connectivity index (χ3n) is 9.51. The summed E-state index contributed by atoms with van der Waals surface area (Å²) in [5.41, 5.74) is 4.15. The summed E-state index contributed by atoms with van der Waals surface area (Å²) in [7, 11) is 3.21. The smallest absolute Gasteiger partial charge is 0.240 e. The van der Waals surface area contributed by atoms with Gasteiger partial charge in [0.15, 0.2) is 5.78 Å². The number of hydrogen-bond donors (Lipinski definition) is 0. The van der Waals surface area contributed by atoms with E-state index in [1.54, 1.807) is 38.2 Å². The van der Waals surface area contributed by atoms with Crippen LogP contribution in [0.4, 0.5) is 11.4 Å². The Kier molecular flexibility index (Phi) is 15.4. The molecule has 0 saturated carbocycles. The molecule has 2 aliphatic rings. The number of methoxy groups -OCH3 is 2. The molecule has 0 radical (unpaired) electrons. The first-order valence-electron chi connectivity index (χ1n) is 18.1. The number of carbonyl (C=O) groups is 3. The van der Waals surface area contributed by atoms with Crippen molar-refractivity contribution in [3.05, 3.63) is 154 Å². The fourth-order valence-corrected chi connectivity index (χ4v) is 6.42. The molecule has 2 heterocycles. The van der Waals surface area contributed by atoms with Crippen molar-refractivity contribution in [2.45, 2.75) is 40.5 Å². The van der Waals surface area contributed by atoms with Gasteiger partial charge in [-0.1, -0.05) is 113 Å². The number of benzene rings is 5. The number of amides is 2. The third kappa shape index (κ3) is 10.9. The maximum Gasteiger partial charge on any atom is 0.240 e. The summed E-state index contributed by atoms with van der Waals surface area (Å²) in [6, 6.07) is 41.9. The van der Waals surface area contributed by atoms with Crippen molar-refractivity contribution in [3.8, 4) is 17.6 Å². The quantitative estimate of drug-likeness (QED) is 0.125. The van der Waals surface area contributed by atoms with Gasteiger partial charge in [0.2, 0.25) is 11.8 Å². The van der Waals surface area contributed by atoms with Gasteiger partial charge < -0.3 is 19.3 Å². The summed E-state index contributed by atoms with van der Waals surface area (Å²) in [6.45, 7) is 8.99. The summed E-state index contributed by atoms with van der Waals surface area (Å²) in [4.78, 5) is 41.3. The Labute approximate surface area is 333 Å². The summed E-state index contributed by atoms with van der Waals surface area (Å²) < 4.78 is 11.7. The largest absolute Gasteiger partial charge is 0.495 e. The zero-order chi connectivity index (χ0) is 40.0. The molecule has 9 heteroatoms. The zero-order valence-electron chi connectivity index (χ0n) is 32.3. The van der Waals surface area contributed by atoms with Crippen LogP contribution in [0.15, 0.2) is 132 Å². The number of ether oxygens (including phenoxy) is 2. The van der Waals surface area contributed by atoms with Gasteiger partial charge in [-0.2, -0.15) is 5.26 Å². The lowest BCUT2D eigenvalue weighted by atomic mass is 9.80. The van der Waals surface area contributed by atoms with Gasteiger partial charge in [-0.3, -0.25) is 14.4 Å². The predicted molar refractivity (Wildman–Crippen MR) is 223 cm³/mol. The SMILES string of the molecule is Brc1ccccc1.COc1ccccc1N1CCC(C)C1=O.COc1ccccc1N1CC[C@@](C)(C(=O)c2ccc(C)cc2)C1=O.Cc1ccc(C#N)cc1. The lowest BCUT2D eigenvalue weighted by Gasteiger charge is -2.23. The van der Waals surface area contributed by atoms with Crippen molar-refractivity contribution in [2.75, 3.05) is 37.1 Å². The van der Waals surface area contributed by atoms with E-state index < -0.39 is 5.41 Å². The Balaban J connectivity index is 0.000000183. The van der Waals surface area contributed by atoms with E-state index >= 15 is 0 Å². The van der Waals surface area contributed by atoms with Gasteiger partial charge >= 0.3 is 0 Å². The summed E-state index contributed by atoms with van der Waals surface area (Å²) in [5.74, 6) is 1.44. The second-order valence-electron chi connectivity index (χ2n) is 13.5. The average molecular weight is 803 g/mol. The van der Waals surface area contributed by atoms with Crippen LogP contribution in [0, 0.1) is 36.5 Å². The molecule has 0 spiro atoms. The topological polar surface area (TPSA) is 99.9 Å². The van der Waals surface area contributed by atoms with Crippen molar-refractivity contribution in [2.24, 2.45) is 11.3 Å². The van der Waals surface area contributed by atoms with E-state index in [2.05, 4.69) is 22.0 Å². The molecule has 5 aromatic carbocycles. The Hall–Kier alpha value is -5.72. The number of nitrogens with zero attached hydrogens (tertiary/aromatic N) is 3. The van der Waals surface area contributed by atoms with Gasteiger partial charge in [0.05, 0.1) is 37.2 Å². The van der Waals surface area contributed by atoms with Crippen LogP contribution >= 0.6 is 15.9 Å². The lowest BCUT2D eigenvalue weighted by Crippen LogP contribution is -2.38. The van der Waals surface area contributed by atoms with E-state index in [4.69, 9.17) is 14.7 Å². The Morgan fingerprint density at radius 1 is 0.727 bits per heavy atom. The van der Waals surface area contributed by atoms with Crippen LogP contribution in [0.3, 0.4) is 0 Å². The van der Waals surface area contributed by atoms with Gasteiger partial charge in [0.1, 0.15) is 16.9 Å². The number of anilines is 2. The molecule has 8 nitrogen and oxygen atoms in total. The summed E-state index contributed by atoms with van der Waals surface area (Å²) in [5, 5.41) is 8.38. The first-order chi connectivity index (χ1) is 26.4. The fraction of sp³-hybridized carbons (Fsp3) is 0.261. The molecule has 7 rings (SSSR count). The number of para-hydroxylation sites is 4. The van der Waals surface area contributed by atoms with Crippen molar-refractivity contribution < 1.29 is 23.9 Å². The maximum absolute atomic E-state index is 13.0. The van der Waals surface area contributed by atoms with Gasteiger partial charge in [-0.25, -0.2) is 0 Å². The van der Waals surface area contributed by atoms with Crippen LogP contribution in [0.1, 0.15) is 53.7 Å². The third-order valence-corrected chi connectivity index (χ3v) is 10.0. The van der Waals surface area contributed by atoms with Crippen LogP contribution in [0.25, 0.3) is 0 Å². The first kappa shape index (κ1) is 42.0. The zero-order valence-corrected chi connectivity index (χ0v) is 33.9. The second-order valence-corrected chi connectivity index (χ2v) is 14.4. The molecule has 1 unspecified atom stereocenters. The Morgan fingerprint density at radius 3 is 1.67 bits per heavy atom. The molecular weight excluding hydrogens is 754 g/mol. The molecule has 2 saturated heterocycles. The molecule has 2 amide bonds. The predicted octanol–water partition coefficient (Wildman–Crippen LogP) is 10.0. The van der Waals surface area contributed by atoms with Crippen molar-refractivity contribution in [1.29, 1.82) is 5.26 Å². The van der Waals surface area contributed by atoms with Crippen molar-refractivity contribution >= 4 is 44.9 Å². The number of carbonyl (C=O) groups excluding carboxylic acids is 3. The summed E-state index contributed by atoms with van der Waals surface area (Å²) in [6.07, 6.45) is 1.42. The molecule has 2 fully saturated rings. The van der Waals surface area contributed by atoms with E-state index in [0.29, 0.717) is 30.0 Å². The minimum Gasteiger partial charge on any atom is -0.495 e. The highest BCUT2D eigenvalue weighted by Gasteiger charge is 2.49. The molecule has 0 N–H and O–H groups in total. The molecular formula is C46H48BrN3O5. The van der Waals surface area contributed by atoms with Crippen molar-refractivity contribution in [3.63, 3.8) is 0 Å². The highest BCUT2D eigenvalue weighted by Crippen LogP contribution is 2.40. The molecule has 5 aromatic rings. The molecule has 0 bridgehead atoms. The van der Waals surface area contributed by atoms with Crippen molar-refractivity contribution in [1.82, 2.24) is 0 Å². The standard InChI is InChI=1S/C20H21NO3.C12H15NO2.C8H7N.C6H5Br/c1-14-8-10-15(11-9-14)18(22)20(2)12-13-21(19(20)23)16-6-4-5-7-17(16)24-3;1-9-7-8-13(12(9)14)10-5-3-4-6-11(10)15-2;1-7-2-4-8(6-9)5-3-7;7-6-4-2-1-3-5-6/h4-11H,12-13H2,1-3H3;3-6,9H,7-8H2,1-2H3;2-5H,1H3;1-5H/t20-;;;/m0.../s1. The van der Waals surface area contributed by atoms with E-state index in [-0.39, 0.29) is 23.5 Å². The Morgan fingerprint density at radius 2 is 1.22 bits per heavy atom. The fourth-order valence-electron chi connectivity index (χ4n) is 6.12. The monoisotopic (exact) mass is 801 g/mol. The number of aryl methyl sites for hydroxylation is 2. The van der Waals surface area contributed by atoms with Crippen LogP contribution in [0.5, 0.6) is 11.5 Å². The molecule has 284 valence electrons. The van der Waals surface area contributed by atoms with Gasteiger partial charge in [0.25, 0.3) is 0 Å². The first-order valence-corrected chi connectivity index (χ1v) is 18.9. The lowest BCUT2D eigenvalue weighted by molar-refractivity contribution is -0.122. The molecule has 0 aromatic heterocycles. The molecule has 2 atom stereocenters. The second kappa shape index (κ2) is 20.1. The number of nitriles is 1. The van der Waals surface area contributed by atoms with Crippen LogP contribution in [0.2, 0.25) is 0 Å². The number of ketones is 1. The summed E-state index contributed by atoms with van der Waals surface area (Å²) >= 11 is 3.31. The number of halogens is 1. The minimum atomic E-state index is -1.03. The highest BCUT2D eigenvalue weighted by atomic mass is 79.9. The van der Waals surface area contributed by atoms with Crippen LogP contribution < -0.4 is 19.3 Å². The van der Waals surface area contributed by atoms with Gasteiger partial charge in [0, 0.05) is 29.0 Å². The molecule has 55 heavy (non-hydrogen) atoms. The number of Topliss-reactive ketones (excluding diaryl/α,β-unsaturated/α-hetero) is 1. The number of hydrogen-bond acceptors (Lipinski definition) is 6. The maximum atomic E-state index is 13.0.